The van der Waals surface area contributed by atoms with Crippen LogP contribution in [-0.2, 0) is 0 Å². The van der Waals surface area contributed by atoms with Crippen molar-refractivity contribution in [3.05, 3.63) is 225 Å². The Bertz CT molecular complexity index is 4830. The molecule has 354 valence electrons. The largest absolute Gasteiger partial charge is 0.292 e. The van der Waals surface area contributed by atoms with Crippen LogP contribution in [0, 0.1) is 0 Å². The Morgan fingerprint density at radius 2 is 0.750 bits per heavy atom. The number of hydrogen-bond donors (Lipinski definition) is 0. The Morgan fingerprint density at radius 1 is 0.289 bits per heavy atom. The number of aromatic nitrogens is 9. The van der Waals surface area contributed by atoms with Gasteiger partial charge in [0.05, 0.1) is 33.5 Å². The topological polar surface area (TPSA) is 100 Å². The molecule has 9 nitrogen and oxygen atoms in total. The second-order valence-electron chi connectivity index (χ2n) is 18.9. The van der Waals surface area contributed by atoms with Crippen LogP contribution >= 0.6 is 22.7 Å². The molecule has 0 aliphatic carbocycles. The first kappa shape index (κ1) is 42.7. The van der Waals surface area contributed by atoms with Gasteiger partial charge in [0.15, 0.2) is 17.5 Å². The molecule has 0 aliphatic rings. The van der Waals surface area contributed by atoms with E-state index in [-0.39, 0.29) is 0 Å². The Kier molecular flexibility index (Phi) is 9.47. The smallest absolute Gasteiger partial charge is 0.235 e. The first-order valence-corrected chi connectivity index (χ1v) is 26.7. The van der Waals surface area contributed by atoms with Crippen LogP contribution in [0.15, 0.2) is 225 Å². The minimum atomic E-state index is 0.370. The molecule has 0 unspecified atom stereocenters. The molecule has 0 amide bonds. The predicted octanol–water partition coefficient (Wildman–Crippen LogP) is 16.7. The number of benzene rings is 9. The molecule has 0 radical (unpaired) electrons. The highest BCUT2D eigenvalue weighted by Gasteiger charge is 2.25. The summed E-state index contributed by atoms with van der Waals surface area (Å²) in [5, 5.41) is 9.19. The molecule has 9 aromatic carbocycles. The Morgan fingerprint density at radius 3 is 1.32 bits per heavy atom. The van der Waals surface area contributed by atoms with Crippen LogP contribution in [0.4, 0.5) is 0 Å². The van der Waals surface area contributed by atoms with Gasteiger partial charge in [0.25, 0.3) is 0 Å². The van der Waals surface area contributed by atoms with Crippen LogP contribution in [0.25, 0.3) is 153 Å². The average molecular weight is 1010 g/mol. The van der Waals surface area contributed by atoms with Crippen molar-refractivity contribution in [2.45, 2.75) is 0 Å². The molecular weight excluding hydrogens is 971 g/mol. The second kappa shape index (κ2) is 16.9. The summed E-state index contributed by atoms with van der Waals surface area (Å²) in [5.41, 5.74) is 9.30. The molecule has 0 bridgehead atoms. The molecule has 16 aromatic rings. The molecular formula is C65H37N9S2. The minimum Gasteiger partial charge on any atom is -0.292 e. The second-order valence-corrected chi connectivity index (χ2v) is 21.1. The van der Waals surface area contributed by atoms with Gasteiger partial charge in [-0.25, -0.2) is 34.9 Å². The maximum absolute atomic E-state index is 5.63. The molecule has 0 saturated heterocycles. The van der Waals surface area contributed by atoms with Crippen molar-refractivity contribution in [2.75, 3.05) is 0 Å². The van der Waals surface area contributed by atoms with Gasteiger partial charge in [-0.05, 0) is 60.7 Å². The third-order valence-electron chi connectivity index (χ3n) is 14.5. The highest BCUT2D eigenvalue weighted by atomic mass is 32.1. The van der Waals surface area contributed by atoms with Crippen molar-refractivity contribution in [3.8, 4) is 68.7 Å². The highest BCUT2D eigenvalue weighted by molar-refractivity contribution is 7.26. The van der Waals surface area contributed by atoms with Crippen LogP contribution in [0.2, 0.25) is 0 Å². The van der Waals surface area contributed by atoms with Crippen LogP contribution in [0.3, 0.4) is 0 Å². The normalized spacial score (nSPS) is 11.9. The molecule has 0 aliphatic heterocycles. The van der Waals surface area contributed by atoms with Crippen molar-refractivity contribution >= 4 is 107 Å². The lowest BCUT2D eigenvalue weighted by Crippen LogP contribution is -2.07. The summed E-state index contributed by atoms with van der Waals surface area (Å²) >= 11 is 3.63. The van der Waals surface area contributed by atoms with Gasteiger partial charge in [-0.15, -0.1) is 22.7 Å². The van der Waals surface area contributed by atoms with Gasteiger partial charge in [-0.2, -0.15) is 0 Å². The molecule has 0 saturated carbocycles. The molecule has 0 atom stereocenters. The highest BCUT2D eigenvalue weighted by Crippen LogP contribution is 2.43. The lowest BCUT2D eigenvalue weighted by molar-refractivity contribution is 0.985. The zero-order valence-corrected chi connectivity index (χ0v) is 41.8. The van der Waals surface area contributed by atoms with Gasteiger partial charge in [0.1, 0.15) is 5.82 Å². The maximum Gasteiger partial charge on any atom is 0.235 e. The van der Waals surface area contributed by atoms with Crippen LogP contribution in [-0.4, -0.2) is 44.0 Å². The van der Waals surface area contributed by atoms with E-state index in [1.165, 1.54) is 40.3 Å². The van der Waals surface area contributed by atoms with Gasteiger partial charge >= 0.3 is 0 Å². The van der Waals surface area contributed by atoms with Gasteiger partial charge in [0, 0.05) is 90.3 Å². The number of para-hydroxylation sites is 2. The first-order valence-electron chi connectivity index (χ1n) is 25.0. The van der Waals surface area contributed by atoms with E-state index in [0.717, 1.165) is 77.3 Å². The number of fused-ring (bicyclic) bond motifs is 13. The zero-order valence-electron chi connectivity index (χ0n) is 40.2. The van der Waals surface area contributed by atoms with E-state index in [1.54, 1.807) is 6.20 Å². The lowest BCUT2D eigenvalue weighted by Gasteiger charge is -2.14. The van der Waals surface area contributed by atoms with Gasteiger partial charge in [-0.3, -0.25) is 9.13 Å². The van der Waals surface area contributed by atoms with E-state index in [2.05, 4.69) is 161 Å². The monoisotopic (exact) mass is 1010 g/mol. The van der Waals surface area contributed by atoms with Crippen molar-refractivity contribution in [2.24, 2.45) is 0 Å². The van der Waals surface area contributed by atoms with E-state index >= 15 is 0 Å². The third kappa shape index (κ3) is 6.73. The summed E-state index contributed by atoms with van der Waals surface area (Å²) in [6, 6.07) is 76.4. The lowest BCUT2D eigenvalue weighted by atomic mass is 10.0. The van der Waals surface area contributed by atoms with E-state index in [9.17, 15) is 0 Å². The summed E-state index contributed by atoms with van der Waals surface area (Å²) < 4.78 is 9.52. The molecule has 0 spiro atoms. The summed E-state index contributed by atoms with van der Waals surface area (Å²) in [6.45, 7) is 0. The van der Waals surface area contributed by atoms with E-state index < -0.39 is 0 Å². The van der Waals surface area contributed by atoms with E-state index in [0.29, 0.717) is 35.1 Å². The number of nitrogens with zero attached hydrogens (tertiary/aromatic N) is 9. The van der Waals surface area contributed by atoms with Crippen molar-refractivity contribution in [1.29, 1.82) is 0 Å². The van der Waals surface area contributed by atoms with Gasteiger partial charge in [-0.1, -0.05) is 158 Å². The quantitative estimate of drug-likeness (QED) is 0.157. The van der Waals surface area contributed by atoms with Crippen LogP contribution in [0.5, 0.6) is 0 Å². The van der Waals surface area contributed by atoms with Gasteiger partial charge < -0.3 is 0 Å². The summed E-state index contributed by atoms with van der Waals surface area (Å²) in [4.78, 5) is 36.5. The molecule has 7 aromatic heterocycles. The molecule has 76 heavy (non-hydrogen) atoms. The molecule has 0 fully saturated rings. The van der Waals surface area contributed by atoms with Crippen molar-refractivity contribution in [1.82, 2.24) is 44.0 Å². The number of hydrogen-bond acceptors (Lipinski definition) is 9. The fourth-order valence-electron chi connectivity index (χ4n) is 11.0. The van der Waals surface area contributed by atoms with Crippen LogP contribution < -0.4 is 0 Å². The Hall–Kier alpha value is -9.81. The predicted molar refractivity (Wildman–Crippen MR) is 313 cm³/mol. The molecule has 11 heteroatoms. The third-order valence-corrected chi connectivity index (χ3v) is 16.8. The molecule has 7 heterocycles. The Labute approximate surface area is 441 Å². The minimum absolute atomic E-state index is 0.370. The van der Waals surface area contributed by atoms with Crippen LogP contribution in [0.1, 0.15) is 0 Å². The van der Waals surface area contributed by atoms with Crippen molar-refractivity contribution < 1.29 is 0 Å². The molecule has 0 N–H and O–H groups in total. The van der Waals surface area contributed by atoms with E-state index in [1.807, 2.05) is 89.4 Å². The van der Waals surface area contributed by atoms with E-state index in [4.69, 9.17) is 34.9 Å². The summed E-state index contributed by atoms with van der Waals surface area (Å²) in [5.74, 6) is 3.04. The maximum atomic E-state index is 5.63. The first-order chi connectivity index (χ1) is 37.6. The average Bonchev–Trinajstić information content (AvgIpc) is 4.34. The fraction of sp³-hybridized carbons (Fsp3) is 0. The zero-order chi connectivity index (χ0) is 49.8. The van der Waals surface area contributed by atoms with Gasteiger partial charge in [0.2, 0.25) is 11.8 Å². The van der Waals surface area contributed by atoms with Crippen molar-refractivity contribution in [3.63, 3.8) is 0 Å². The summed E-state index contributed by atoms with van der Waals surface area (Å²) in [6.07, 6.45) is 1.79. The molecule has 16 rings (SSSR count). The number of rotatable bonds is 7. The SMILES string of the molecule is c1ccc(-c2nc(-c3ccccc3)nc(-c3nccc(-n4c5ccccc5c5ccc6c7ccccc7n(-c7nc(-c8ccc9sc%10ccccc%10c9c8)cc(-c8ccc9sc%10ccccc%10c9c8)n7)c6c54)n3)n2)cc1. The number of thiophene rings is 2. The standard InChI is InChI=1S/C65H37N9S2/c1-3-15-38(16-4-1)61-70-62(39-17-5-2-6-18-39)72-64(71-61)63-66-34-33-58(69-63)73-52-23-11-7-19-42(52)46-29-30-47-43-20-8-12-24-53(43)74(60(47)59(46)73)65-67-50(40-27-31-56-48(35-40)44-21-9-13-25-54(44)75-56)37-51(68-65)41-28-32-57-49(36-41)45-22-10-14-26-55(45)76-57/h1-37H. The Balaban J connectivity index is 0.965. The fourth-order valence-corrected chi connectivity index (χ4v) is 13.2. The summed E-state index contributed by atoms with van der Waals surface area (Å²) in [7, 11) is 0.